The van der Waals surface area contributed by atoms with E-state index in [2.05, 4.69) is 42.6 Å². The third kappa shape index (κ3) is 4.26. The highest BCUT2D eigenvalue weighted by Gasteiger charge is 2.05. The summed E-state index contributed by atoms with van der Waals surface area (Å²) < 4.78 is 0. The summed E-state index contributed by atoms with van der Waals surface area (Å²) >= 11 is 1.81. The van der Waals surface area contributed by atoms with Crippen LogP contribution < -0.4 is 5.32 Å². The van der Waals surface area contributed by atoms with E-state index >= 15 is 0 Å². The van der Waals surface area contributed by atoms with Crippen LogP contribution in [-0.2, 0) is 5.75 Å². The highest BCUT2D eigenvalue weighted by molar-refractivity contribution is 7.98. The van der Waals surface area contributed by atoms with Gasteiger partial charge in [-0.2, -0.15) is 17.0 Å². The molecule has 1 rings (SSSR count). The maximum atomic E-state index is 8.88. The Morgan fingerprint density at radius 1 is 1.44 bits per heavy atom. The number of nitrogens with one attached hydrogen (secondary N) is 1. The summed E-state index contributed by atoms with van der Waals surface area (Å²) in [5, 5.41) is 12.0. The van der Waals surface area contributed by atoms with Gasteiger partial charge in [-0.3, -0.25) is 0 Å². The smallest absolute Gasteiger partial charge is 0.104 e. The molecular formula is C13H18N2S. The molecule has 2 nitrogen and oxygen atoms in total. The zero-order valence-corrected chi connectivity index (χ0v) is 10.7. The Labute approximate surface area is 102 Å². The van der Waals surface area contributed by atoms with Crippen molar-refractivity contribution < 1.29 is 0 Å². The molecule has 0 aliphatic rings. The molecule has 0 aliphatic carbocycles. The van der Waals surface area contributed by atoms with E-state index in [1.54, 1.807) is 0 Å². The van der Waals surface area contributed by atoms with Crippen molar-refractivity contribution in [1.29, 1.82) is 5.26 Å². The van der Waals surface area contributed by atoms with Crippen LogP contribution in [0.2, 0.25) is 0 Å². The van der Waals surface area contributed by atoms with Gasteiger partial charge >= 0.3 is 0 Å². The zero-order valence-electron chi connectivity index (χ0n) is 9.86. The minimum absolute atomic E-state index is 0.0287. The molecule has 1 aromatic rings. The van der Waals surface area contributed by atoms with Gasteiger partial charge in [0.05, 0.1) is 6.07 Å². The van der Waals surface area contributed by atoms with Crippen LogP contribution in [0.4, 0.5) is 0 Å². The second-order valence-corrected chi connectivity index (χ2v) is 4.71. The van der Waals surface area contributed by atoms with Crippen LogP contribution in [0.15, 0.2) is 24.3 Å². The molecule has 0 bridgehead atoms. The van der Waals surface area contributed by atoms with E-state index in [1.807, 2.05) is 18.7 Å². The van der Waals surface area contributed by atoms with Gasteiger partial charge in [0.2, 0.25) is 0 Å². The van der Waals surface area contributed by atoms with E-state index in [0.717, 1.165) is 18.1 Å². The maximum absolute atomic E-state index is 8.88. The molecule has 1 atom stereocenters. The molecule has 0 fully saturated rings. The molecule has 0 amide bonds. The van der Waals surface area contributed by atoms with Crippen LogP contribution in [0.25, 0.3) is 0 Å². The Balaban J connectivity index is 2.36. The first-order valence-electron chi connectivity index (χ1n) is 5.53. The molecule has 0 spiro atoms. The molecule has 0 saturated carbocycles. The van der Waals surface area contributed by atoms with Crippen LogP contribution >= 0.6 is 11.8 Å². The molecule has 16 heavy (non-hydrogen) atoms. The number of hydrogen-bond donors (Lipinski definition) is 1. The van der Waals surface area contributed by atoms with Crippen LogP contribution in [0.1, 0.15) is 18.1 Å². The third-order valence-electron chi connectivity index (χ3n) is 2.41. The van der Waals surface area contributed by atoms with E-state index in [9.17, 15) is 0 Å². The average Bonchev–Trinajstić information content (AvgIpc) is 2.30. The van der Waals surface area contributed by atoms with Crippen molar-refractivity contribution in [2.45, 2.75) is 25.6 Å². The minimum atomic E-state index is -0.0287. The first-order chi connectivity index (χ1) is 7.77. The molecule has 1 N–H and O–H groups in total. The van der Waals surface area contributed by atoms with Gasteiger partial charge in [-0.25, -0.2) is 0 Å². The first kappa shape index (κ1) is 13.1. The zero-order chi connectivity index (χ0) is 11.8. The Bertz CT molecular complexity index is 357. The Morgan fingerprint density at radius 2 is 2.19 bits per heavy atom. The summed E-state index contributed by atoms with van der Waals surface area (Å²) in [5.74, 6) is 1.83. The van der Waals surface area contributed by atoms with Gasteiger partial charge in [-0.1, -0.05) is 31.2 Å². The lowest BCUT2D eigenvalue weighted by atomic mass is 10.1. The van der Waals surface area contributed by atoms with Crippen LogP contribution in [0.5, 0.6) is 0 Å². The Kier molecular flexibility index (Phi) is 5.99. The van der Waals surface area contributed by atoms with Crippen molar-refractivity contribution in [3.63, 3.8) is 0 Å². The Hall–Kier alpha value is -0.980. The summed E-state index contributed by atoms with van der Waals surface area (Å²) in [4.78, 5) is 0. The summed E-state index contributed by atoms with van der Waals surface area (Å²) in [6.45, 7) is 5.00. The normalized spacial score (nSPS) is 12.1. The monoisotopic (exact) mass is 234 g/mol. The van der Waals surface area contributed by atoms with Gasteiger partial charge in [-0.05, 0) is 24.6 Å². The van der Waals surface area contributed by atoms with Crippen LogP contribution in [0, 0.1) is 18.3 Å². The average molecular weight is 234 g/mol. The van der Waals surface area contributed by atoms with Crippen molar-refractivity contribution >= 4 is 11.8 Å². The molecule has 0 heterocycles. The van der Waals surface area contributed by atoms with Crippen molar-refractivity contribution in [2.24, 2.45) is 0 Å². The second-order valence-electron chi connectivity index (χ2n) is 3.68. The first-order valence-corrected chi connectivity index (χ1v) is 6.68. The largest absolute Gasteiger partial charge is 0.302 e. The van der Waals surface area contributed by atoms with E-state index < -0.39 is 0 Å². The third-order valence-corrected chi connectivity index (χ3v) is 3.49. The number of rotatable bonds is 6. The van der Waals surface area contributed by atoms with Crippen molar-refractivity contribution in [1.82, 2.24) is 5.32 Å². The van der Waals surface area contributed by atoms with Gasteiger partial charge in [-0.15, -0.1) is 0 Å². The van der Waals surface area contributed by atoms with Crippen molar-refractivity contribution in [2.75, 3.05) is 12.3 Å². The standard InChI is InChI=1S/C13H18N2S/c1-3-15-13(8-14)10-16-9-12-7-5-4-6-11(12)2/h4-7,13,15H,3,9-10H2,1-2H3. The maximum Gasteiger partial charge on any atom is 0.104 e. The molecular weight excluding hydrogens is 216 g/mol. The lowest BCUT2D eigenvalue weighted by Gasteiger charge is -2.10. The SMILES string of the molecule is CCNC(C#N)CSCc1ccccc1C. The number of aryl methyl sites for hydroxylation is 1. The summed E-state index contributed by atoms with van der Waals surface area (Å²) in [7, 11) is 0. The molecule has 0 aliphatic heterocycles. The molecule has 3 heteroatoms. The molecule has 1 aromatic carbocycles. The molecule has 0 aromatic heterocycles. The molecule has 86 valence electrons. The second kappa shape index (κ2) is 7.32. The van der Waals surface area contributed by atoms with E-state index in [-0.39, 0.29) is 6.04 Å². The lowest BCUT2D eigenvalue weighted by molar-refractivity contribution is 0.677. The van der Waals surface area contributed by atoms with E-state index in [0.29, 0.717) is 0 Å². The molecule has 1 unspecified atom stereocenters. The van der Waals surface area contributed by atoms with Gasteiger partial charge in [0.15, 0.2) is 0 Å². The summed E-state index contributed by atoms with van der Waals surface area (Å²) in [6, 6.07) is 10.6. The predicted octanol–water partition coefficient (Wildman–Crippen LogP) is 2.73. The number of nitriles is 1. The highest BCUT2D eigenvalue weighted by atomic mass is 32.2. The minimum Gasteiger partial charge on any atom is -0.302 e. The predicted molar refractivity (Wildman–Crippen MR) is 70.4 cm³/mol. The van der Waals surface area contributed by atoms with E-state index in [1.165, 1.54) is 11.1 Å². The quantitative estimate of drug-likeness (QED) is 0.822. The van der Waals surface area contributed by atoms with Crippen molar-refractivity contribution in [3.05, 3.63) is 35.4 Å². The number of nitrogens with zero attached hydrogens (tertiary/aromatic N) is 1. The van der Waals surface area contributed by atoms with Crippen LogP contribution in [-0.4, -0.2) is 18.3 Å². The topological polar surface area (TPSA) is 35.8 Å². The summed E-state index contributed by atoms with van der Waals surface area (Å²) in [5.41, 5.74) is 2.69. The van der Waals surface area contributed by atoms with Crippen molar-refractivity contribution in [3.8, 4) is 6.07 Å². The number of thioether (sulfide) groups is 1. The summed E-state index contributed by atoms with van der Waals surface area (Å²) in [6.07, 6.45) is 0. The molecule has 0 radical (unpaired) electrons. The Morgan fingerprint density at radius 3 is 2.81 bits per heavy atom. The van der Waals surface area contributed by atoms with Crippen LogP contribution in [0.3, 0.4) is 0 Å². The highest BCUT2D eigenvalue weighted by Crippen LogP contribution is 2.16. The van der Waals surface area contributed by atoms with Gasteiger partial charge < -0.3 is 5.32 Å². The fourth-order valence-electron chi connectivity index (χ4n) is 1.45. The number of hydrogen-bond acceptors (Lipinski definition) is 3. The fourth-order valence-corrected chi connectivity index (χ4v) is 2.54. The lowest BCUT2D eigenvalue weighted by Crippen LogP contribution is -2.29. The molecule has 0 saturated heterocycles. The fraction of sp³-hybridized carbons (Fsp3) is 0.462. The van der Waals surface area contributed by atoms with Gasteiger partial charge in [0.1, 0.15) is 6.04 Å². The number of benzene rings is 1. The van der Waals surface area contributed by atoms with E-state index in [4.69, 9.17) is 5.26 Å². The van der Waals surface area contributed by atoms with Gasteiger partial charge in [0.25, 0.3) is 0 Å². The van der Waals surface area contributed by atoms with Gasteiger partial charge in [0, 0.05) is 11.5 Å².